The molecular weight excluding hydrogens is 224 g/mol. The van der Waals surface area contributed by atoms with Gasteiger partial charge in [0.2, 0.25) is 5.91 Å². The molecule has 0 N–H and O–H groups in total. The summed E-state index contributed by atoms with van der Waals surface area (Å²) in [6.07, 6.45) is 3.76. The Morgan fingerprint density at radius 2 is 1.56 bits per heavy atom. The van der Waals surface area contributed by atoms with Gasteiger partial charge in [-0.25, -0.2) is 0 Å². The summed E-state index contributed by atoms with van der Waals surface area (Å²) in [7, 11) is 0. The molecule has 2 saturated heterocycles. The first-order chi connectivity index (χ1) is 8.43. The van der Waals surface area contributed by atoms with Gasteiger partial charge in [0.05, 0.1) is 0 Å². The Morgan fingerprint density at radius 1 is 1.00 bits per heavy atom. The molecule has 3 nitrogen and oxygen atoms in total. The molecule has 0 bridgehead atoms. The number of likely N-dealkylation sites (tertiary alicyclic amines) is 2. The summed E-state index contributed by atoms with van der Waals surface area (Å²) >= 11 is 0. The van der Waals surface area contributed by atoms with Crippen LogP contribution in [-0.4, -0.2) is 47.9 Å². The highest BCUT2D eigenvalue weighted by atomic mass is 16.2. The molecule has 1 spiro atoms. The number of nitrogens with zero attached hydrogens (tertiary/aromatic N) is 2. The van der Waals surface area contributed by atoms with Crippen molar-refractivity contribution in [3.05, 3.63) is 0 Å². The van der Waals surface area contributed by atoms with Crippen LogP contribution >= 0.6 is 0 Å². The summed E-state index contributed by atoms with van der Waals surface area (Å²) in [6.45, 7) is 13.0. The Bertz CT molecular complexity index is 304. The van der Waals surface area contributed by atoms with Crippen LogP contribution < -0.4 is 0 Å². The van der Waals surface area contributed by atoms with Gasteiger partial charge in [-0.05, 0) is 51.6 Å². The maximum atomic E-state index is 12.1. The Hall–Kier alpha value is -0.570. The van der Waals surface area contributed by atoms with Crippen LogP contribution in [0.3, 0.4) is 0 Å². The average molecular weight is 252 g/mol. The smallest absolute Gasteiger partial charge is 0.225 e. The number of rotatable bonds is 2. The van der Waals surface area contributed by atoms with E-state index < -0.39 is 0 Å². The van der Waals surface area contributed by atoms with E-state index in [0.717, 1.165) is 13.1 Å². The van der Waals surface area contributed by atoms with Gasteiger partial charge in [0.1, 0.15) is 0 Å². The number of hydrogen-bond donors (Lipinski definition) is 0. The van der Waals surface area contributed by atoms with Gasteiger partial charge < -0.3 is 9.80 Å². The molecule has 2 aliphatic rings. The number of piperidine rings is 1. The topological polar surface area (TPSA) is 23.6 Å². The van der Waals surface area contributed by atoms with E-state index in [1.165, 1.54) is 32.4 Å². The second-order valence-electron chi connectivity index (χ2n) is 6.79. The molecule has 2 heterocycles. The minimum Gasteiger partial charge on any atom is -0.342 e. The van der Waals surface area contributed by atoms with Gasteiger partial charge in [-0.1, -0.05) is 13.8 Å². The summed E-state index contributed by atoms with van der Waals surface area (Å²) < 4.78 is 0. The third-order valence-corrected chi connectivity index (χ3v) is 4.83. The molecule has 3 heteroatoms. The van der Waals surface area contributed by atoms with E-state index in [2.05, 4.69) is 23.6 Å². The first kappa shape index (κ1) is 13.9. The van der Waals surface area contributed by atoms with Gasteiger partial charge in [0.15, 0.2) is 0 Å². The highest BCUT2D eigenvalue weighted by molar-refractivity contribution is 5.78. The molecule has 0 aliphatic carbocycles. The van der Waals surface area contributed by atoms with Gasteiger partial charge in [0, 0.05) is 25.0 Å². The van der Waals surface area contributed by atoms with Gasteiger partial charge in [-0.15, -0.1) is 0 Å². The van der Waals surface area contributed by atoms with Crippen molar-refractivity contribution in [2.24, 2.45) is 11.3 Å². The van der Waals surface area contributed by atoms with Crippen LogP contribution in [0.1, 0.15) is 47.0 Å². The molecule has 2 rings (SSSR count). The van der Waals surface area contributed by atoms with E-state index in [0.29, 0.717) is 17.4 Å². The van der Waals surface area contributed by atoms with E-state index in [9.17, 15) is 4.79 Å². The highest BCUT2D eigenvalue weighted by Gasteiger charge is 2.42. The molecule has 1 amide bonds. The third-order valence-electron chi connectivity index (χ3n) is 4.83. The van der Waals surface area contributed by atoms with E-state index in [-0.39, 0.29) is 5.92 Å². The monoisotopic (exact) mass is 252 g/mol. The molecule has 2 fully saturated rings. The van der Waals surface area contributed by atoms with E-state index in [1.807, 2.05) is 13.8 Å². The fourth-order valence-electron chi connectivity index (χ4n) is 3.41. The van der Waals surface area contributed by atoms with Gasteiger partial charge >= 0.3 is 0 Å². The molecule has 0 aromatic rings. The lowest BCUT2D eigenvalue weighted by atomic mass is 9.77. The predicted octanol–water partition coefficient (Wildman–Crippen LogP) is 2.37. The summed E-state index contributed by atoms with van der Waals surface area (Å²) in [5, 5.41) is 0. The van der Waals surface area contributed by atoms with Gasteiger partial charge in [-0.2, -0.15) is 0 Å². The fourth-order valence-corrected chi connectivity index (χ4v) is 3.41. The van der Waals surface area contributed by atoms with Gasteiger partial charge in [-0.3, -0.25) is 4.79 Å². The van der Waals surface area contributed by atoms with Crippen LogP contribution in [0.15, 0.2) is 0 Å². The number of carbonyl (C=O) groups excluding carboxylic acids is 1. The van der Waals surface area contributed by atoms with E-state index >= 15 is 0 Å². The molecule has 0 saturated carbocycles. The van der Waals surface area contributed by atoms with Crippen molar-refractivity contribution < 1.29 is 4.79 Å². The lowest BCUT2D eigenvalue weighted by Gasteiger charge is -2.41. The second-order valence-corrected chi connectivity index (χ2v) is 6.79. The zero-order valence-electron chi connectivity index (χ0n) is 12.4. The molecular formula is C15H28N2O. The second kappa shape index (κ2) is 5.20. The molecule has 2 aliphatic heterocycles. The molecule has 0 radical (unpaired) electrons. The molecule has 0 aromatic heterocycles. The zero-order valence-corrected chi connectivity index (χ0v) is 12.4. The fraction of sp³-hybridized carbons (Fsp3) is 0.933. The summed E-state index contributed by atoms with van der Waals surface area (Å²) in [5.74, 6) is 0.495. The largest absolute Gasteiger partial charge is 0.342 e. The molecule has 0 unspecified atom stereocenters. The summed E-state index contributed by atoms with van der Waals surface area (Å²) in [4.78, 5) is 16.7. The van der Waals surface area contributed by atoms with Crippen LogP contribution in [0.2, 0.25) is 0 Å². The normalized spacial score (nSPS) is 24.4. The Morgan fingerprint density at radius 3 is 2.06 bits per heavy atom. The maximum absolute atomic E-state index is 12.1. The van der Waals surface area contributed by atoms with E-state index in [1.54, 1.807) is 0 Å². The zero-order chi connectivity index (χ0) is 13.3. The maximum Gasteiger partial charge on any atom is 0.225 e. The number of carbonyl (C=O) groups is 1. The average Bonchev–Trinajstić information content (AvgIpc) is 2.72. The molecule has 0 atom stereocenters. The molecule has 104 valence electrons. The Balaban J connectivity index is 1.91. The van der Waals surface area contributed by atoms with E-state index in [4.69, 9.17) is 0 Å². The highest BCUT2D eigenvalue weighted by Crippen LogP contribution is 2.41. The summed E-state index contributed by atoms with van der Waals surface area (Å²) in [5.41, 5.74) is 0.440. The van der Waals surface area contributed by atoms with Crippen molar-refractivity contribution >= 4 is 5.91 Å². The first-order valence-corrected chi connectivity index (χ1v) is 7.46. The lowest BCUT2D eigenvalue weighted by molar-refractivity contribution is -0.133. The van der Waals surface area contributed by atoms with Crippen LogP contribution in [0, 0.1) is 11.3 Å². The SMILES string of the molecule is CC(C)C(=O)N1CCC2(CCN(C(C)C)CC2)C1. The van der Waals surface area contributed by atoms with Crippen LogP contribution in [0.4, 0.5) is 0 Å². The predicted molar refractivity (Wildman–Crippen MR) is 74.4 cm³/mol. The molecule has 0 aromatic carbocycles. The molecule has 18 heavy (non-hydrogen) atoms. The van der Waals surface area contributed by atoms with Crippen molar-refractivity contribution in [1.29, 1.82) is 0 Å². The third kappa shape index (κ3) is 2.71. The van der Waals surface area contributed by atoms with Crippen molar-refractivity contribution in [2.75, 3.05) is 26.2 Å². The van der Waals surface area contributed by atoms with Gasteiger partial charge in [0.25, 0.3) is 0 Å². The minimum absolute atomic E-state index is 0.149. The quantitative estimate of drug-likeness (QED) is 0.753. The van der Waals surface area contributed by atoms with Crippen LogP contribution in [-0.2, 0) is 4.79 Å². The number of amides is 1. The van der Waals surface area contributed by atoms with Crippen LogP contribution in [0.25, 0.3) is 0 Å². The number of hydrogen-bond acceptors (Lipinski definition) is 2. The lowest BCUT2D eigenvalue weighted by Crippen LogP contribution is -2.45. The van der Waals surface area contributed by atoms with Crippen LogP contribution in [0.5, 0.6) is 0 Å². The summed E-state index contributed by atoms with van der Waals surface area (Å²) in [6, 6.07) is 0.664. The van der Waals surface area contributed by atoms with Crippen molar-refractivity contribution in [2.45, 2.75) is 53.0 Å². The minimum atomic E-state index is 0.149. The first-order valence-electron chi connectivity index (χ1n) is 7.46. The standard InChI is InChI=1S/C15H28N2O/c1-12(2)14(18)17-10-7-15(11-17)5-8-16(9-6-15)13(3)4/h12-13H,5-11H2,1-4H3. The Labute approximate surface area is 112 Å². The Kier molecular flexibility index (Phi) is 4.00. The van der Waals surface area contributed by atoms with Crippen molar-refractivity contribution in [3.63, 3.8) is 0 Å². The van der Waals surface area contributed by atoms with Crippen molar-refractivity contribution in [3.8, 4) is 0 Å². The van der Waals surface area contributed by atoms with Crippen molar-refractivity contribution in [1.82, 2.24) is 9.80 Å².